The Kier molecular flexibility index (Phi) is 6.88. The largest absolute Gasteiger partial charge is 0.412 e. The minimum absolute atomic E-state index is 0.108. The third-order valence-corrected chi connectivity index (χ3v) is 6.64. The number of nitrogens with one attached hydrogen (secondary N) is 4. The summed E-state index contributed by atoms with van der Waals surface area (Å²) in [5.74, 6) is 3.22. The van der Waals surface area contributed by atoms with E-state index < -0.39 is 6.09 Å². The number of aromatic amines is 1. The molecule has 5 rings (SSSR count). The molecule has 9 heteroatoms. The molecule has 2 saturated carbocycles. The topological polar surface area (TPSA) is 117 Å². The molecule has 3 aromatic rings. The number of carbonyl (C=O) groups excluding carboxylic acids is 1. The summed E-state index contributed by atoms with van der Waals surface area (Å²) in [4.78, 5) is 21.1. The van der Waals surface area contributed by atoms with Crippen LogP contribution in [0.25, 0.3) is 0 Å². The molecule has 2 aromatic heterocycles. The molecule has 2 aliphatic carbocycles. The summed E-state index contributed by atoms with van der Waals surface area (Å²) in [6.45, 7) is 0. The monoisotopic (exact) mass is 461 g/mol. The summed E-state index contributed by atoms with van der Waals surface area (Å²) in [5.41, 5.74) is 1.20. The van der Waals surface area contributed by atoms with E-state index >= 15 is 0 Å². The molecule has 9 nitrogen and oxygen atoms in total. The van der Waals surface area contributed by atoms with Gasteiger partial charge < -0.3 is 20.7 Å². The number of carbonyl (C=O) groups is 1. The van der Waals surface area contributed by atoms with Crippen LogP contribution in [0, 0.1) is 0 Å². The molecule has 0 spiro atoms. The van der Waals surface area contributed by atoms with Gasteiger partial charge in [-0.2, -0.15) is 10.1 Å². The smallest absolute Gasteiger partial charge is 0.410 e. The molecule has 2 fully saturated rings. The Balaban J connectivity index is 1.08. The standard InChI is InChI=1S/C25H31N7O2/c33-25(34-20-8-2-1-3-9-20)28-19-12-10-18(11-13-19)27-24-26-15-14-22(30-24)29-23-16-21(31-32-23)17-6-4-5-7-17/h1-3,8-9,14-19H,4-7,10-13H2,(H,28,33)(H3,26,27,29,30,31,32). The molecule has 0 bridgehead atoms. The average molecular weight is 462 g/mol. The first kappa shape index (κ1) is 22.2. The molecule has 34 heavy (non-hydrogen) atoms. The van der Waals surface area contributed by atoms with E-state index in [-0.39, 0.29) is 12.1 Å². The van der Waals surface area contributed by atoms with Gasteiger partial charge in [-0.1, -0.05) is 31.0 Å². The number of benzene rings is 1. The summed E-state index contributed by atoms with van der Waals surface area (Å²) < 4.78 is 5.33. The highest BCUT2D eigenvalue weighted by Crippen LogP contribution is 2.34. The first-order valence-electron chi connectivity index (χ1n) is 12.2. The zero-order chi connectivity index (χ0) is 23.2. The van der Waals surface area contributed by atoms with Gasteiger partial charge in [0.1, 0.15) is 11.6 Å². The fourth-order valence-electron chi connectivity index (χ4n) is 4.83. The van der Waals surface area contributed by atoms with Gasteiger partial charge in [0.05, 0.1) is 0 Å². The number of H-pyrrole nitrogens is 1. The summed E-state index contributed by atoms with van der Waals surface area (Å²) in [6.07, 6.45) is 9.97. The fraction of sp³-hybridized carbons (Fsp3) is 0.440. The van der Waals surface area contributed by atoms with Crippen molar-refractivity contribution in [1.82, 2.24) is 25.5 Å². The molecule has 0 atom stereocenters. The van der Waals surface area contributed by atoms with Crippen molar-refractivity contribution < 1.29 is 9.53 Å². The van der Waals surface area contributed by atoms with Crippen molar-refractivity contribution in [3.63, 3.8) is 0 Å². The summed E-state index contributed by atoms with van der Waals surface area (Å²) >= 11 is 0. The molecular weight excluding hydrogens is 430 g/mol. The van der Waals surface area contributed by atoms with Gasteiger partial charge >= 0.3 is 6.09 Å². The molecule has 178 valence electrons. The van der Waals surface area contributed by atoms with Gasteiger partial charge in [0.15, 0.2) is 5.82 Å². The van der Waals surface area contributed by atoms with E-state index in [0.717, 1.165) is 31.5 Å². The van der Waals surface area contributed by atoms with Crippen LogP contribution in [0.1, 0.15) is 63.0 Å². The van der Waals surface area contributed by atoms with Crippen molar-refractivity contribution in [3.05, 3.63) is 54.4 Å². The highest BCUT2D eigenvalue weighted by molar-refractivity contribution is 5.70. The molecule has 2 aliphatic rings. The van der Waals surface area contributed by atoms with Crippen LogP contribution < -0.4 is 20.7 Å². The van der Waals surface area contributed by atoms with Gasteiger partial charge in [0.2, 0.25) is 5.95 Å². The Bertz CT molecular complexity index is 1070. The van der Waals surface area contributed by atoms with Gasteiger partial charge in [0, 0.05) is 36.0 Å². The number of para-hydroxylation sites is 1. The van der Waals surface area contributed by atoms with Crippen LogP contribution in [0.4, 0.5) is 22.4 Å². The van der Waals surface area contributed by atoms with E-state index in [1.165, 1.54) is 31.4 Å². The van der Waals surface area contributed by atoms with Crippen LogP contribution >= 0.6 is 0 Å². The predicted molar refractivity (Wildman–Crippen MR) is 130 cm³/mol. The lowest BCUT2D eigenvalue weighted by molar-refractivity contribution is 0.191. The molecule has 0 aliphatic heterocycles. The third-order valence-electron chi connectivity index (χ3n) is 6.64. The number of nitrogens with zero attached hydrogens (tertiary/aromatic N) is 3. The first-order valence-corrected chi connectivity index (χ1v) is 12.2. The highest BCUT2D eigenvalue weighted by Gasteiger charge is 2.24. The van der Waals surface area contributed by atoms with Gasteiger partial charge in [0.25, 0.3) is 0 Å². The first-order chi connectivity index (χ1) is 16.7. The maximum Gasteiger partial charge on any atom is 0.412 e. The van der Waals surface area contributed by atoms with Gasteiger partial charge in [-0.05, 0) is 56.7 Å². The minimum atomic E-state index is -0.404. The lowest BCUT2D eigenvalue weighted by Gasteiger charge is -2.29. The maximum atomic E-state index is 12.1. The number of hydrogen-bond donors (Lipinski definition) is 4. The SMILES string of the molecule is O=C(NC1CCC(Nc2nccc(Nc3cc(C4CCCC4)[nH]n3)n2)CC1)Oc1ccccc1. The van der Waals surface area contributed by atoms with E-state index in [0.29, 0.717) is 23.4 Å². The Hall–Kier alpha value is -3.62. The molecule has 1 aromatic carbocycles. The Labute approximate surface area is 199 Å². The lowest BCUT2D eigenvalue weighted by atomic mass is 9.91. The number of rotatable bonds is 7. The van der Waals surface area contributed by atoms with Crippen LogP contribution in [-0.4, -0.2) is 38.3 Å². The van der Waals surface area contributed by atoms with Gasteiger partial charge in [-0.25, -0.2) is 9.78 Å². The second-order valence-corrected chi connectivity index (χ2v) is 9.12. The van der Waals surface area contributed by atoms with Crippen LogP contribution in [0.15, 0.2) is 48.7 Å². The Morgan fingerprint density at radius 2 is 1.71 bits per heavy atom. The average Bonchev–Trinajstić information content (AvgIpc) is 3.54. The second kappa shape index (κ2) is 10.5. The molecule has 4 N–H and O–H groups in total. The van der Waals surface area contributed by atoms with Gasteiger partial charge in [-0.3, -0.25) is 5.10 Å². The van der Waals surface area contributed by atoms with Crippen LogP contribution in [0.5, 0.6) is 5.75 Å². The number of amides is 1. The zero-order valence-electron chi connectivity index (χ0n) is 19.2. The fourth-order valence-corrected chi connectivity index (χ4v) is 4.83. The summed E-state index contributed by atoms with van der Waals surface area (Å²) in [5, 5.41) is 17.3. The molecule has 0 unspecified atom stereocenters. The molecule has 0 saturated heterocycles. The van der Waals surface area contributed by atoms with Crippen LogP contribution in [0.2, 0.25) is 0 Å². The van der Waals surface area contributed by atoms with Crippen molar-refractivity contribution in [2.75, 3.05) is 10.6 Å². The van der Waals surface area contributed by atoms with Crippen molar-refractivity contribution in [1.29, 1.82) is 0 Å². The normalized spacial score (nSPS) is 20.6. The van der Waals surface area contributed by atoms with E-state index in [4.69, 9.17) is 4.74 Å². The minimum Gasteiger partial charge on any atom is -0.410 e. The second-order valence-electron chi connectivity index (χ2n) is 9.12. The molecule has 0 radical (unpaired) electrons. The van der Waals surface area contributed by atoms with Crippen molar-refractivity contribution in [2.45, 2.75) is 69.4 Å². The van der Waals surface area contributed by atoms with Crippen molar-refractivity contribution >= 4 is 23.7 Å². The number of ether oxygens (including phenoxy) is 1. The Morgan fingerprint density at radius 1 is 0.941 bits per heavy atom. The van der Waals surface area contributed by atoms with Crippen LogP contribution in [-0.2, 0) is 0 Å². The number of hydrogen-bond acceptors (Lipinski definition) is 7. The summed E-state index contributed by atoms with van der Waals surface area (Å²) in [6, 6.07) is 13.4. The zero-order valence-corrected chi connectivity index (χ0v) is 19.2. The van der Waals surface area contributed by atoms with E-state index in [2.05, 4.69) is 42.2 Å². The van der Waals surface area contributed by atoms with E-state index in [9.17, 15) is 4.79 Å². The third kappa shape index (κ3) is 5.84. The van der Waals surface area contributed by atoms with Crippen molar-refractivity contribution in [3.8, 4) is 5.75 Å². The molecule has 1 amide bonds. The quantitative estimate of drug-likeness (QED) is 0.386. The molecule has 2 heterocycles. The maximum absolute atomic E-state index is 12.1. The van der Waals surface area contributed by atoms with E-state index in [1.807, 2.05) is 24.3 Å². The van der Waals surface area contributed by atoms with Crippen molar-refractivity contribution in [2.24, 2.45) is 0 Å². The number of aromatic nitrogens is 4. The van der Waals surface area contributed by atoms with Gasteiger partial charge in [-0.15, -0.1) is 0 Å². The van der Waals surface area contributed by atoms with Crippen LogP contribution in [0.3, 0.4) is 0 Å². The van der Waals surface area contributed by atoms with E-state index in [1.54, 1.807) is 18.3 Å². The summed E-state index contributed by atoms with van der Waals surface area (Å²) in [7, 11) is 0. The highest BCUT2D eigenvalue weighted by atomic mass is 16.6. The Morgan fingerprint density at radius 3 is 2.50 bits per heavy atom. The number of anilines is 3. The molecular formula is C25H31N7O2. The predicted octanol–water partition coefficient (Wildman–Crippen LogP) is 5.11. The lowest BCUT2D eigenvalue weighted by Crippen LogP contribution is -2.41.